The Bertz CT molecular complexity index is 1220. The second kappa shape index (κ2) is 9.86. The fourth-order valence-corrected chi connectivity index (χ4v) is 2.92. The first-order valence-electron chi connectivity index (χ1n) is 9.84. The van der Waals surface area contributed by atoms with Gasteiger partial charge in [0.1, 0.15) is 0 Å². The molecule has 4 aromatic rings. The van der Waals surface area contributed by atoms with Crippen LogP contribution in [0.1, 0.15) is 10.4 Å². The van der Waals surface area contributed by atoms with E-state index in [2.05, 4.69) is 31.2 Å². The van der Waals surface area contributed by atoms with Gasteiger partial charge in [0.2, 0.25) is 5.95 Å². The summed E-state index contributed by atoms with van der Waals surface area (Å²) in [5, 5.41) is 11.4. The molecule has 3 amide bonds. The van der Waals surface area contributed by atoms with Gasteiger partial charge in [-0.1, -0.05) is 30.3 Å². The van der Waals surface area contributed by atoms with Crippen LogP contribution in [0.3, 0.4) is 0 Å². The van der Waals surface area contributed by atoms with E-state index in [9.17, 15) is 9.59 Å². The molecule has 8 nitrogen and oxygen atoms in total. The van der Waals surface area contributed by atoms with Gasteiger partial charge in [-0.05, 0) is 54.6 Å². The van der Waals surface area contributed by atoms with Gasteiger partial charge in [-0.3, -0.25) is 4.79 Å². The lowest BCUT2D eigenvalue weighted by molar-refractivity contribution is 0.102. The summed E-state index contributed by atoms with van der Waals surface area (Å²) < 4.78 is 0. The first-order chi connectivity index (χ1) is 15.7. The fourth-order valence-electron chi connectivity index (χ4n) is 2.92. The molecule has 0 aliphatic heterocycles. The van der Waals surface area contributed by atoms with Crippen LogP contribution in [0.2, 0.25) is 0 Å². The molecule has 0 spiro atoms. The van der Waals surface area contributed by atoms with E-state index in [1.165, 1.54) is 0 Å². The van der Waals surface area contributed by atoms with Crippen molar-refractivity contribution in [2.75, 3.05) is 21.3 Å². The van der Waals surface area contributed by atoms with Gasteiger partial charge in [-0.2, -0.15) is 0 Å². The number of aromatic nitrogens is 2. The predicted molar refractivity (Wildman–Crippen MR) is 125 cm³/mol. The number of amides is 3. The summed E-state index contributed by atoms with van der Waals surface area (Å²) in [6.45, 7) is 0. The van der Waals surface area contributed by atoms with E-state index in [1.807, 2.05) is 24.3 Å². The summed E-state index contributed by atoms with van der Waals surface area (Å²) in [5.74, 6) is 0.158. The number of nitrogens with one attached hydrogen (secondary N) is 4. The molecule has 158 valence electrons. The quantitative estimate of drug-likeness (QED) is 0.344. The van der Waals surface area contributed by atoms with Crippen molar-refractivity contribution in [3.05, 3.63) is 103 Å². The molecule has 0 bridgehead atoms. The van der Waals surface area contributed by atoms with Crippen LogP contribution in [-0.2, 0) is 0 Å². The molecule has 0 saturated heterocycles. The number of para-hydroxylation sites is 1. The minimum atomic E-state index is -0.374. The van der Waals surface area contributed by atoms with E-state index in [1.54, 1.807) is 73.1 Å². The first-order valence-corrected chi connectivity index (χ1v) is 9.84. The molecule has 0 fully saturated rings. The topological polar surface area (TPSA) is 108 Å². The van der Waals surface area contributed by atoms with Crippen LogP contribution in [0.4, 0.5) is 33.5 Å². The smallest absolute Gasteiger partial charge is 0.323 e. The molecule has 4 N–H and O–H groups in total. The monoisotopic (exact) mass is 424 g/mol. The largest absolute Gasteiger partial charge is 0.324 e. The Morgan fingerprint density at radius 3 is 2.00 bits per heavy atom. The van der Waals surface area contributed by atoms with Crippen molar-refractivity contribution in [1.82, 2.24) is 9.97 Å². The SMILES string of the molecule is O=C(Nc1ccccc1)Nc1cccc(NC(=O)c2cccc(Nc3ncccn3)c2)c1. The molecule has 8 heteroatoms. The average molecular weight is 424 g/mol. The number of rotatable bonds is 6. The van der Waals surface area contributed by atoms with Crippen LogP contribution in [-0.4, -0.2) is 21.9 Å². The van der Waals surface area contributed by atoms with Crippen molar-refractivity contribution in [1.29, 1.82) is 0 Å². The Hall–Kier alpha value is -4.72. The van der Waals surface area contributed by atoms with Gasteiger partial charge in [-0.25, -0.2) is 14.8 Å². The molecule has 0 saturated carbocycles. The van der Waals surface area contributed by atoms with Crippen molar-refractivity contribution in [3.63, 3.8) is 0 Å². The second-order valence-electron chi connectivity index (χ2n) is 6.76. The zero-order chi connectivity index (χ0) is 22.2. The highest BCUT2D eigenvalue weighted by Gasteiger charge is 2.09. The average Bonchev–Trinajstić information content (AvgIpc) is 2.81. The lowest BCUT2D eigenvalue weighted by Crippen LogP contribution is -2.19. The van der Waals surface area contributed by atoms with E-state index in [0.29, 0.717) is 34.3 Å². The molecule has 0 unspecified atom stereocenters. The molecule has 32 heavy (non-hydrogen) atoms. The summed E-state index contributed by atoms with van der Waals surface area (Å²) in [6, 6.07) is 24.4. The van der Waals surface area contributed by atoms with Gasteiger partial charge in [0.05, 0.1) is 0 Å². The van der Waals surface area contributed by atoms with Crippen LogP contribution >= 0.6 is 0 Å². The molecule has 0 atom stereocenters. The van der Waals surface area contributed by atoms with Crippen molar-refractivity contribution in [2.45, 2.75) is 0 Å². The van der Waals surface area contributed by atoms with Gasteiger partial charge >= 0.3 is 6.03 Å². The Morgan fingerprint density at radius 2 is 1.22 bits per heavy atom. The van der Waals surface area contributed by atoms with E-state index in [0.717, 1.165) is 0 Å². The molecule has 4 rings (SSSR count). The van der Waals surface area contributed by atoms with E-state index in [4.69, 9.17) is 0 Å². The molecular weight excluding hydrogens is 404 g/mol. The van der Waals surface area contributed by atoms with Gasteiger partial charge in [0.25, 0.3) is 5.91 Å². The normalized spacial score (nSPS) is 10.1. The zero-order valence-electron chi connectivity index (χ0n) is 16.9. The van der Waals surface area contributed by atoms with Crippen LogP contribution in [0, 0.1) is 0 Å². The van der Waals surface area contributed by atoms with Gasteiger partial charge < -0.3 is 21.3 Å². The third kappa shape index (κ3) is 5.67. The highest BCUT2D eigenvalue weighted by atomic mass is 16.2. The Labute approximate surface area is 184 Å². The van der Waals surface area contributed by atoms with Crippen LogP contribution < -0.4 is 21.3 Å². The van der Waals surface area contributed by atoms with Crippen LogP contribution in [0.15, 0.2) is 97.3 Å². The number of carbonyl (C=O) groups excluding carboxylic acids is 2. The molecule has 0 aliphatic rings. The third-order valence-corrected chi connectivity index (χ3v) is 4.36. The van der Waals surface area contributed by atoms with Crippen LogP contribution in [0.5, 0.6) is 0 Å². The molecule has 1 aromatic heterocycles. The maximum absolute atomic E-state index is 12.7. The molecule has 1 heterocycles. The minimum absolute atomic E-state index is 0.284. The van der Waals surface area contributed by atoms with E-state index in [-0.39, 0.29) is 11.9 Å². The third-order valence-electron chi connectivity index (χ3n) is 4.36. The maximum atomic E-state index is 12.7. The van der Waals surface area contributed by atoms with Crippen LogP contribution in [0.25, 0.3) is 0 Å². The number of nitrogens with zero attached hydrogens (tertiary/aromatic N) is 2. The van der Waals surface area contributed by atoms with Crippen molar-refractivity contribution in [3.8, 4) is 0 Å². The van der Waals surface area contributed by atoms with E-state index < -0.39 is 0 Å². The predicted octanol–water partition coefficient (Wildman–Crippen LogP) is 5.12. The molecule has 0 radical (unpaired) electrons. The van der Waals surface area contributed by atoms with Crippen molar-refractivity contribution in [2.24, 2.45) is 0 Å². The van der Waals surface area contributed by atoms with Gasteiger partial charge in [0.15, 0.2) is 0 Å². The summed E-state index contributed by atoms with van der Waals surface area (Å²) >= 11 is 0. The number of urea groups is 1. The molecule has 0 aliphatic carbocycles. The highest BCUT2D eigenvalue weighted by molar-refractivity contribution is 6.05. The number of hydrogen-bond donors (Lipinski definition) is 4. The Morgan fingerprint density at radius 1 is 0.594 bits per heavy atom. The summed E-state index contributed by atoms with van der Waals surface area (Å²) in [5.41, 5.74) is 2.94. The summed E-state index contributed by atoms with van der Waals surface area (Å²) in [7, 11) is 0. The second-order valence-corrected chi connectivity index (χ2v) is 6.76. The Kier molecular flexibility index (Phi) is 6.33. The highest BCUT2D eigenvalue weighted by Crippen LogP contribution is 2.19. The first kappa shape index (κ1) is 20.5. The maximum Gasteiger partial charge on any atom is 0.323 e. The summed E-state index contributed by atoms with van der Waals surface area (Å²) in [4.78, 5) is 33.1. The number of hydrogen-bond acceptors (Lipinski definition) is 5. The Balaban J connectivity index is 1.39. The zero-order valence-corrected chi connectivity index (χ0v) is 16.9. The lowest BCUT2D eigenvalue weighted by atomic mass is 10.1. The number of benzene rings is 3. The number of carbonyl (C=O) groups is 2. The van der Waals surface area contributed by atoms with Gasteiger partial charge in [0, 0.05) is 40.7 Å². The van der Waals surface area contributed by atoms with Crippen molar-refractivity contribution < 1.29 is 9.59 Å². The van der Waals surface area contributed by atoms with E-state index >= 15 is 0 Å². The van der Waals surface area contributed by atoms with Gasteiger partial charge in [-0.15, -0.1) is 0 Å². The lowest BCUT2D eigenvalue weighted by Gasteiger charge is -2.11. The fraction of sp³-hybridized carbons (Fsp3) is 0. The minimum Gasteiger partial charge on any atom is -0.324 e. The standard InChI is InChI=1S/C24H20N6O2/c31-22(17-7-4-10-19(15-17)28-23-25-13-6-14-26-23)27-20-11-5-12-21(16-20)30-24(32)29-18-8-2-1-3-9-18/h1-16H,(H,27,31)(H,25,26,28)(H2,29,30,32). The summed E-state index contributed by atoms with van der Waals surface area (Å²) in [6.07, 6.45) is 3.26. The number of anilines is 5. The van der Waals surface area contributed by atoms with Crippen molar-refractivity contribution >= 4 is 40.6 Å². The molecule has 3 aromatic carbocycles. The molecular formula is C24H20N6O2.